The minimum absolute atomic E-state index is 0.0829. The third-order valence-electron chi connectivity index (χ3n) is 2.66. The monoisotopic (exact) mass is 298 g/mol. The zero-order valence-corrected chi connectivity index (χ0v) is 11.8. The van der Waals surface area contributed by atoms with Crippen LogP contribution in [0.15, 0.2) is 23.4 Å². The van der Waals surface area contributed by atoms with Crippen LogP contribution in [0.5, 0.6) is 0 Å². The van der Waals surface area contributed by atoms with E-state index in [0.29, 0.717) is 35.9 Å². The van der Waals surface area contributed by atoms with Gasteiger partial charge in [0.15, 0.2) is 5.16 Å². The molecule has 1 heterocycles. The molecule has 0 unspecified atom stereocenters. The van der Waals surface area contributed by atoms with Gasteiger partial charge < -0.3 is 14.4 Å². The molecule has 1 aromatic carbocycles. The Labute approximate surface area is 119 Å². The minimum atomic E-state index is -0.912. The largest absolute Gasteiger partial charge is 0.481 e. The summed E-state index contributed by atoms with van der Waals surface area (Å²) in [7, 11) is 0. The Bertz CT molecular complexity index is 615. The highest BCUT2D eigenvalue weighted by Crippen LogP contribution is 2.24. The van der Waals surface area contributed by atoms with Gasteiger partial charge in [-0.3, -0.25) is 4.79 Å². The Morgan fingerprint density at radius 3 is 3.05 bits per heavy atom. The van der Waals surface area contributed by atoms with Crippen molar-refractivity contribution < 1.29 is 19.0 Å². The molecule has 5 nitrogen and oxygen atoms in total. The number of carboxylic acid groups (broad SMARTS) is 1. The van der Waals surface area contributed by atoms with E-state index in [9.17, 15) is 9.18 Å². The van der Waals surface area contributed by atoms with E-state index < -0.39 is 5.97 Å². The highest BCUT2D eigenvalue weighted by Gasteiger charge is 2.13. The summed E-state index contributed by atoms with van der Waals surface area (Å²) in [5.41, 5.74) is 1.30. The molecule has 1 N–H and O–H groups in total. The second kappa shape index (κ2) is 6.71. The number of thioether (sulfide) groups is 1. The number of aliphatic carboxylic acids is 1. The van der Waals surface area contributed by atoms with Gasteiger partial charge in [-0.25, -0.2) is 9.37 Å². The quantitative estimate of drug-likeness (QED) is 0.628. The topological polar surface area (TPSA) is 64.3 Å². The van der Waals surface area contributed by atoms with Gasteiger partial charge in [0.25, 0.3) is 0 Å². The van der Waals surface area contributed by atoms with Crippen molar-refractivity contribution in [2.24, 2.45) is 0 Å². The molecule has 0 aliphatic rings. The van der Waals surface area contributed by atoms with Crippen LogP contribution in [0.25, 0.3) is 11.0 Å². The van der Waals surface area contributed by atoms with Gasteiger partial charge in [0.2, 0.25) is 0 Å². The number of nitrogens with zero attached hydrogens (tertiary/aromatic N) is 2. The van der Waals surface area contributed by atoms with Crippen LogP contribution in [0.3, 0.4) is 0 Å². The lowest BCUT2D eigenvalue weighted by Crippen LogP contribution is -2.08. The van der Waals surface area contributed by atoms with E-state index in [2.05, 4.69) is 4.98 Å². The number of aromatic nitrogens is 2. The van der Waals surface area contributed by atoms with Crippen LogP contribution >= 0.6 is 11.8 Å². The summed E-state index contributed by atoms with van der Waals surface area (Å²) in [6, 6.07) is 4.33. The Morgan fingerprint density at radius 1 is 1.55 bits per heavy atom. The summed E-state index contributed by atoms with van der Waals surface area (Å²) in [6.45, 7) is 3.47. The van der Waals surface area contributed by atoms with Gasteiger partial charge in [0, 0.05) is 13.2 Å². The fourth-order valence-corrected chi connectivity index (χ4v) is 2.59. The molecule has 0 bridgehead atoms. The molecular formula is C13H15FN2O3S. The standard InChI is InChI=1S/C13H15FN2O3S/c1-2-19-6-5-16-11-7-9(14)3-4-10(11)15-13(16)20-8-12(17)18/h3-4,7H,2,5-6,8H2,1H3,(H,17,18). The highest BCUT2D eigenvalue weighted by molar-refractivity contribution is 7.99. The maximum absolute atomic E-state index is 13.4. The van der Waals surface area contributed by atoms with E-state index in [1.165, 1.54) is 12.1 Å². The lowest BCUT2D eigenvalue weighted by atomic mass is 10.3. The fraction of sp³-hybridized carbons (Fsp3) is 0.385. The third kappa shape index (κ3) is 3.49. The zero-order valence-electron chi connectivity index (χ0n) is 11.0. The van der Waals surface area contributed by atoms with Crippen LogP contribution in [0.2, 0.25) is 0 Å². The van der Waals surface area contributed by atoms with Crippen LogP contribution in [0, 0.1) is 5.82 Å². The van der Waals surface area contributed by atoms with E-state index in [-0.39, 0.29) is 11.6 Å². The van der Waals surface area contributed by atoms with E-state index in [1.807, 2.05) is 6.92 Å². The number of carbonyl (C=O) groups is 1. The predicted octanol–water partition coefficient (Wildman–Crippen LogP) is 2.39. The predicted molar refractivity (Wildman–Crippen MR) is 74.5 cm³/mol. The Hall–Kier alpha value is -1.60. The van der Waals surface area contributed by atoms with Crippen LogP contribution in [0.1, 0.15) is 6.92 Å². The number of rotatable bonds is 7. The SMILES string of the molecule is CCOCCn1c(SCC(=O)O)nc2ccc(F)cc21. The third-order valence-corrected chi connectivity index (χ3v) is 3.62. The van der Waals surface area contributed by atoms with E-state index >= 15 is 0 Å². The van der Waals surface area contributed by atoms with Gasteiger partial charge in [0.1, 0.15) is 5.82 Å². The van der Waals surface area contributed by atoms with Crippen molar-refractivity contribution in [3.05, 3.63) is 24.0 Å². The number of imidazole rings is 1. The number of fused-ring (bicyclic) bond motifs is 1. The Kier molecular flexibility index (Phi) is 4.97. The summed E-state index contributed by atoms with van der Waals surface area (Å²) in [6.07, 6.45) is 0. The van der Waals surface area contributed by atoms with Crippen molar-refractivity contribution in [2.75, 3.05) is 19.0 Å². The molecule has 0 amide bonds. The minimum Gasteiger partial charge on any atom is -0.481 e. The number of hydrogen-bond acceptors (Lipinski definition) is 4. The first kappa shape index (κ1) is 14.8. The van der Waals surface area contributed by atoms with Gasteiger partial charge in [-0.1, -0.05) is 11.8 Å². The molecular weight excluding hydrogens is 283 g/mol. The average Bonchev–Trinajstić information content (AvgIpc) is 2.74. The van der Waals surface area contributed by atoms with Gasteiger partial charge in [0.05, 0.1) is 23.4 Å². The van der Waals surface area contributed by atoms with Crippen molar-refractivity contribution >= 4 is 28.8 Å². The normalized spacial score (nSPS) is 11.1. The molecule has 0 aliphatic heterocycles. The van der Waals surface area contributed by atoms with Crippen molar-refractivity contribution in [3.63, 3.8) is 0 Å². The molecule has 0 saturated carbocycles. The van der Waals surface area contributed by atoms with E-state index in [4.69, 9.17) is 9.84 Å². The number of carboxylic acids is 1. The van der Waals surface area contributed by atoms with Crippen LogP contribution in [-0.2, 0) is 16.1 Å². The molecule has 7 heteroatoms. The van der Waals surface area contributed by atoms with Gasteiger partial charge in [-0.05, 0) is 25.1 Å². The number of ether oxygens (including phenoxy) is 1. The van der Waals surface area contributed by atoms with Crippen molar-refractivity contribution in [2.45, 2.75) is 18.6 Å². The maximum atomic E-state index is 13.4. The lowest BCUT2D eigenvalue weighted by Gasteiger charge is -2.08. The first-order valence-corrected chi connectivity index (χ1v) is 7.18. The molecule has 108 valence electrons. The molecule has 0 radical (unpaired) electrons. The second-order valence-corrected chi connectivity index (χ2v) is 5.00. The van der Waals surface area contributed by atoms with Crippen LogP contribution < -0.4 is 0 Å². The smallest absolute Gasteiger partial charge is 0.313 e. The summed E-state index contributed by atoms with van der Waals surface area (Å²) in [4.78, 5) is 15.0. The molecule has 20 heavy (non-hydrogen) atoms. The molecule has 0 aliphatic carbocycles. The average molecular weight is 298 g/mol. The second-order valence-electron chi connectivity index (χ2n) is 4.06. The van der Waals surface area contributed by atoms with Crippen molar-refractivity contribution in [1.82, 2.24) is 9.55 Å². The molecule has 2 aromatic rings. The van der Waals surface area contributed by atoms with Gasteiger partial charge in [-0.15, -0.1) is 0 Å². The summed E-state index contributed by atoms with van der Waals surface area (Å²) < 4.78 is 20.4. The summed E-state index contributed by atoms with van der Waals surface area (Å²) >= 11 is 1.12. The number of halogens is 1. The fourth-order valence-electron chi connectivity index (χ4n) is 1.83. The number of benzene rings is 1. The lowest BCUT2D eigenvalue weighted by molar-refractivity contribution is -0.133. The van der Waals surface area contributed by atoms with Crippen LogP contribution in [0.4, 0.5) is 4.39 Å². The van der Waals surface area contributed by atoms with Gasteiger partial charge in [-0.2, -0.15) is 0 Å². The van der Waals surface area contributed by atoms with Crippen LogP contribution in [-0.4, -0.2) is 39.6 Å². The Morgan fingerprint density at radius 2 is 2.35 bits per heavy atom. The first-order valence-electron chi connectivity index (χ1n) is 6.20. The maximum Gasteiger partial charge on any atom is 0.313 e. The summed E-state index contributed by atoms with van der Waals surface area (Å²) in [5.74, 6) is -1.34. The molecule has 2 rings (SSSR count). The Balaban J connectivity index is 2.32. The molecule has 0 spiro atoms. The van der Waals surface area contributed by atoms with Crippen molar-refractivity contribution in [1.29, 1.82) is 0 Å². The van der Waals surface area contributed by atoms with Gasteiger partial charge >= 0.3 is 5.97 Å². The van der Waals surface area contributed by atoms with Crippen molar-refractivity contribution in [3.8, 4) is 0 Å². The number of hydrogen-bond donors (Lipinski definition) is 1. The molecule has 0 fully saturated rings. The molecule has 1 aromatic heterocycles. The highest BCUT2D eigenvalue weighted by atomic mass is 32.2. The van der Waals surface area contributed by atoms with E-state index in [1.54, 1.807) is 10.6 Å². The zero-order chi connectivity index (χ0) is 14.5. The first-order chi connectivity index (χ1) is 9.61. The molecule has 0 atom stereocenters. The summed E-state index contributed by atoms with van der Waals surface area (Å²) in [5, 5.41) is 9.32. The molecule has 0 saturated heterocycles. The van der Waals surface area contributed by atoms with E-state index in [0.717, 1.165) is 11.8 Å².